The lowest BCUT2D eigenvalue weighted by Crippen LogP contribution is -2.50. The molecule has 2 atom stereocenters. The van der Waals surface area contributed by atoms with Crippen LogP contribution in [0.2, 0.25) is 0 Å². The first kappa shape index (κ1) is 54.8. The van der Waals surface area contributed by atoms with E-state index in [1.54, 1.807) is 0 Å². The summed E-state index contributed by atoms with van der Waals surface area (Å²) in [6.45, 7) is 4.47. The van der Waals surface area contributed by atoms with Crippen molar-refractivity contribution < 1.29 is 38.2 Å². The third kappa shape index (κ3) is 38.3. The number of carboxylic acid groups (broad SMARTS) is 1. The van der Waals surface area contributed by atoms with Crippen LogP contribution in [0.25, 0.3) is 0 Å². The Balaban J connectivity index is 4.32. The number of unbranched alkanes of at least 4 members (excludes halogenated alkanes) is 16. The second-order valence-corrected chi connectivity index (χ2v) is 16.3. The Morgan fingerprint density at radius 1 is 0.534 bits per heavy atom. The number of carbonyl (C=O) groups is 3. The number of hydrogen-bond acceptors (Lipinski definition) is 6. The van der Waals surface area contributed by atoms with E-state index in [9.17, 15) is 19.5 Å². The number of likely N-dealkylation sites (N-methyl/N-ethyl adjacent to an activating group) is 1. The van der Waals surface area contributed by atoms with E-state index in [1.165, 1.54) is 57.8 Å². The normalized spacial score (nSPS) is 13.6. The van der Waals surface area contributed by atoms with Crippen molar-refractivity contribution >= 4 is 17.9 Å². The topological polar surface area (TPSA) is 99.1 Å². The van der Waals surface area contributed by atoms with Crippen LogP contribution in [0.15, 0.2) is 72.9 Å². The predicted molar refractivity (Wildman–Crippen MR) is 243 cm³/mol. The summed E-state index contributed by atoms with van der Waals surface area (Å²) in [4.78, 5) is 37.0. The lowest BCUT2D eigenvalue weighted by Gasteiger charge is -2.31. The van der Waals surface area contributed by atoms with Crippen molar-refractivity contribution in [1.29, 1.82) is 0 Å². The van der Waals surface area contributed by atoms with Gasteiger partial charge in [-0.15, -0.1) is 0 Å². The van der Waals surface area contributed by atoms with Crippen molar-refractivity contribution in [2.45, 2.75) is 187 Å². The molecular weight excluding hydrogens is 727 g/mol. The highest BCUT2D eigenvalue weighted by Gasteiger charge is 2.31. The van der Waals surface area contributed by atoms with Crippen molar-refractivity contribution in [3.63, 3.8) is 0 Å². The fourth-order valence-corrected chi connectivity index (χ4v) is 6.40. The van der Waals surface area contributed by atoms with Crippen molar-refractivity contribution in [1.82, 2.24) is 0 Å². The highest BCUT2D eigenvalue weighted by Crippen LogP contribution is 2.14. The minimum atomic E-state index is -0.881. The summed E-state index contributed by atoms with van der Waals surface area (Å²) >= 11 is 0. The van der Waals surface area contributed by atoms with Gasteiger partial charge in [0.05, 0.1) is 34.4 Å². The molecule has 8 heteroatoms. The number of nitrogens with zero attached hydrogens (tertiary/aromatic N) is 1. The van der Waals surface area contributed by atoms with Gasteiger partial charge in [0.1, 0.15) is 6.61 Å². The number of aliphatic carboxylic acids is 1. The Hall–Kier alpha value is -3.23. The molecule has 0 saturated heterocycles. The maximum atomic E-state index is 12.7. The summed E-state index contributed by atoms with van der Waals surface area (Å²) in [5.74, 6) is -1.50. The Kier molecular flexibility index (Phi) is 38.3. The summed E-state index contributed by atoms with van der Waals surface area (Å²) in [6.07, 6.45) is 50.8. The third-order valence-electron chi connectivity index (χ3n) is 9.91. The average Bonchev–Trinajstić information content (AvgIpc) is 3.18. The fraction of sp³-hybridized carbons (Fsp3) is 0.700. The summed E-state index contributed by atoms with van der Waals surface area (Å²) < 4.78 is 17.3. The monoisotopic (exact) mass is 813 g/mol. The second kappa shape index (κ2) is 40.5. The van der Waals surface area contributed by atoms with Crippen LogP contribution in [-0.4, -0.2) is 80.6 Å². The number of quaternary nitrogens is 1. The molecule has 332 valence electrons. The molecule has 0 rings (SSSR count). The van der Waals surface area contributed by atoms with Gasteiger partial charge in [0.25, 0.3) is 0 Å². The van der Waals surface area contributed by atoms with E-state index in [2.05, 4.69) is 86.8 Å². The molecule has 0 heterocycles. The Morgan fingerprint density at radius 2 is 1.00 bits per heavy atom. The molecule has 0 amide bonds. The minimum Gasteiger partial charge on any atom is -0.477 e. The maximum absolute atomic E-state index is 12.7. The van der Waals surface area contributed by atoms with Crippen LogP contribution in [-0.2, 0) is 28.6 Å². The molecule has 0 aromatic rings. The molecule has 58 heavy (non-hydrogen) atoms. The lowest BCUT2D eigenvalue weighted by molar-refractivity contribution is -0.887. The first-order valence-corrected chi connectivity index (χ1v) is 23.0. The van der Waals surface area contributed by atoms with Gasteiger partial charge in [0, 0.05) is 19.3 Å². The van der Waals surface area contributed by atoms with E-state index in [4.69, 9.17) is 14.2 Å². The SMILES string of the molecule is CC/C=C/C=C/C=C/CCCCCCCCCC(=O)OC(COCCC(C(=O)O)[N+](C)(C)C)COC(=O)CCCCCCCCCCC/C=C/C/C=C/C/C=C/CC. The van der Waals surface area contributed by atoms with Crippen LogP contribution < -0.4 is 0 Å². The molecule has 0 aromatic heterocycles. The van der Waals surface area contributed by atoms with E-state index in [0.717, 1.165) is 83.5 Å². The smallest absolute Gasteiger partial charge is 0.362 e. The van der Waals surface area contributed by atoms with Crippen LogP contribution >= 0.6 is 0 Å². The summed E-state index contributed by atoms with van der Waals surface area (Å²) in [5.41, 5.74) is 0. The highest BCUT2D eigenvalue weighted by molar-refractivity contribution is 5.72. The highest BCUT2D eigenvalue weighted by atomic mass is 16.6. The standard InChI is InChI=1S/C50H85NO7/c1-6-8-10-12-14-16-18-20-22-23-24-25-27-28-30-32-34-36-38-40-48(52)57-45-46(44-56-43-42-47(50(54)55)51(3,4)5)58-49(53)41-39-37-35-33-31-29-26-21-19-17-15-13-11-9-7-2/h8-11,13-17,19-20,22,46-47H,6-7,12,18,21,23-45H2,1-5H3/p+1/b10-8+,11-9+,15-13+,16-14+,19-17+,22-20+. The largest absolute Gasteiger partial charge is 0.477 e. The minimum absolute atomic E-state index is 0.0512. The number of carboxylic acids is 1. The van der Waals surface area contributed by atoms with Crippen LogP contribution in [0, 0.1) is 0 Å². The number of allylic oxidation sites excluding steroid dienone is 12. The van der Waals surface area contributed by atoms with Crippen molar-refractivity contribution in [2.75, 3.05) is 41.0 Å². The van der Waals surface area contributed by atoms with Crippen LogP contribution in [0.4, 0.5) is 0 Å². The number of rotatable bonds is 40. The molecule has 0 spiro atoms. The van der Waals surface area contributed by atoms with Crippen molar-refractivity contribution in [3.8, 4) is 0 Å². The zero-order chi connectivity index (χ0) is 42.8. The number of carbonyl (C=O) groups excluding carboxylic acids is 2. The number of esters is 2. The summed E-state index contributed by atoms with van der Waals surface area (Å²) in [6, 6.07) is -0.621. The molecule has 8 nitrogen and oxygen atoms in total. The first-order valence-electron chi connectivity index (χ1n) is 23.0. The van der Waals surface area contributed by atoms with E-state index in [-0.39, 0.29) is 36.2 Å². The fourth-order valence-electron chi connectivity index (χ4n) is 6.40. The molecule has 0 bridgehead atoms. The summed E-state index contributed by atoms with van der Waals surface area (Å²) in [7, 11) is 5.52. The van der Waals surface area contributed by atoms with Crippen LogP contribution in [0.1, 0.15) is 174 Å². The molecule has 0 aromatic carbocycles. The quantitative estimate of drug-likeness (QED) is 0.0216. The molecule has 0 aliphatic rings. The lowest BCUT2D eigenvalue weighted by atomic mass is 10.1. The Morgan fingerprint density at radius 3 is 1.53 bits per heavy atom. The molecule has 0 radical (unpaired) electrons. The Bertz CT molecular complexity index is 1180. The summed E-state index contributed by atoms with van der Waals surface area (Å²) in [5, 5.41) is 9.63. The molecular formula is C50H86NO7+. The molecule has 0 saturated carbocycles. The van der Waals surface area contributed by atoms with E-state index >= 15 is 0 Å². The van der Waals surface area contributed by atoms with Crippen molar-refractivity contribution in [3.05, 3.63) is 72.9 Å². The van der Waals surface area contributed by atoms with E-state index in [0.29, 0.717) is 19.3 Å². The molecule has 0 aliphatic heterocycles. The van der Waals surface area contributed by atoms with Gasteiger partial charge in [-0.1, -0.05) is 164 Å². The first-order chi connectivity index (χ1) is 28.1. The van der Waals surface area contributed by atoms with Gasteiger partial charge in [-0.25, -0.2) is 4.79 Å². The number of hydrogen-bond donors (Lipinski definition) is 1. The average molecular weight is 813 g/mol. The molecule has 2 unspecified atom stereocenters. The van der Waals surface area contributed by atoms with Gasteiger partial charge in [-0.2, -0.15) is 0 Å². The zero-order valence-electron chi connectivity index (χ0n) is 37.7. The van der Waals surface area contributed by atoms with Gasteiger partial charge >= 0.3 is 17.9 Å². The van der Waals surface area contributed by atoms with Crippen LogP contribution in [0.3, 0.4) is 0 Å². The molecule has 0 fully saturated rings. The molecule has 1 N–H and O–H groups in total. The second-order valence-electron chi connectivity index (χ2n) is 16.3. The van der Waals surface area contributed by atoms with E-state index < -0.39 is 18.1 Å². The zero-order valence-corrected chi connectivity index (χ0v) is 37.7. The molecule has 0 aliphatic carbocycles. The Labute approximate surface area is 355 Å². The van der Waals surface area contributed by atoms with Crippen molar-refractivity contribution in [2.24, 2.45) is 0 Å². The van der Waals surface area contributed by atoms with Gasteiger partial charge < -0.3 is 23.8 Å². The van der Waals surface area contributed by atoms with Gasteiger partial charge in [0.2, 0.25) is 0 Å². The van der Waals surface area contributed by atoms with Crippen LogP contribution in [0.5, 0.6) is 0 Å². The van der Waals surface area contributed by atoms with E-state index in [1.807, 2.05) is 21.1 Å². The number of ether oxygens (including phenoxy) is 3. The van der Waals surface area contributed by atoms with Gasteiger partial charge in [0.15, 0.2) is 12.1 Å². The third-order valence-corrected chi connectivity index (χ3v) is 9.91. The maximum Gasteiger partial charge on any atom is 0.362 e. The van der Waals surface area contributed by atoms with Gasteiger partial charge in [-0.05, 0) is 64.2 Å². The van der Waals surface area contributed by atoms with Gasteiger partial charge in [-0.3, -0.25) is 9.59 Å². The predicted octanol–water partition coefficient (Wildman–Crippen LogP) is 12.7.